The van der Waals surface area contributed by atoms with Crippen LogP contribution in [0, 0.1) is 0 Å². The first-order chi connectivity index (χ1) is 10.7. The molecule has 1 aromatic heterocycles. The zero-order chi connectivity index (χ0) is 15.9. The summed E-state index contributed by atoms with van der Waals surface area (Å²) in [6.45, 7) is -0.228. The number of aliphatic hydroxyl groups is 2. The molecule has 0 fully saturated rings. The molecule has 2 rings (SSSR count). The van der Waals surface area contributed by atoms with E-state index in [0.717, 1.165) is 41.2 Å². The average molecular weight is 305 g/mol. The van der Waals surface area contributed by atoms with Gasteiger partial charge in [-0.05, 0) is 42.2 Å². The topological polar surface area (TPSA) is 74.7 Å². The van der Waals surface area contributed by atoms with Crippen LogP contribution in [0.25, 0.3) is 0 Å². The van der Waals surface area contributed by atoms with Crippen LogP contribution in [0.15, 0.2) is 30.5 Å². The zero-order valence-electron chi connectivity index (χ0n) is 13.0. The first-order valence-corrected chi connectivity index (χ1v) is 7.33. The first kappa shape index (κ1) is 16.4. The number of H-pyrrole nitrogens is 1. The molecule has 0 aliphatic carbocycles. The molecule has 0 aliphatic rings. The lowest BCUT2D eigenvalue weighted by atomic mass is 10.0. The fourth-order valence-electron chi connectivity index (χ4n) is 2.48. The van der Waals surface area contributed by atoms with E-state index in [2.05, 4.69) is 4.98 Å². The van der Waals surface area contributed by atoms with Gasteiger partial charge in [0.2, 0.25) is 0 Å². The highest BCUT2D eigenvalue weighted by molar-refractivity contribution is 5.43. The fraction of sp³-hybridized carbons (Fsp3) is 0.412. The van der Waals surface area contributed by atoms with E-state index in [1.165, 1.54) is 0 Å². The molecule has 1 aromatic carbocycles. The summed E-state index contributed by atoms with van der Waals surface area (Å²) in [6.07, 6.45) is 3.29. The van der Waals surface area contributed by atoms with Gasteiger partial charge in [-0.25, -0.2) is 0 Å². The van der Waals surface area contributed by atoms with Gasteiger partial charge in [-0.1, -0.05) is 6.07 Å². The molecule has 22 heavy (non-hydrogen) atoms. The molecule has 5 nitrogen and oxygen atoms in total. The Morgan fingerprint density at radius 3 is 2.55 bits per heavy atom. The Morgan fingerprint density at radius 1 is 1.09 bits per heavy atom. The molecule has 2 aromatic rings. The maximum Gasteiger partial charge on any atom is 0.160 e. The number of benzene rings is 1. The normalized spacial score (nSPS) is 12.2. The van der Waals surface area contributed by atoms with Crippen molar-refractivity contribution in [1.29, 1.82) is 0 Å². The summed E-state index contributed by atoms with van der Waals surface area (Å²) in [5.74, 6) is 1.45. The van der Waals surface area contributed by atoms with Gasteiger partial charge in [-0.3, -0.25) is 0 Å². The summed E-state index contributed by atoms with van der Waals surface area (Å²) >= 11 is 0. The fourth-order valence-corrected chi connectivity index (χ4v) is 2.48. The van der Waals surface area contributed by atoms with Crippen LogP contribution in [-0.2, 0) is 19.3 Å². The van der Waals surface area contributed by atoms with Gasteiger partial charge in [0.25, 0.3) is 0 Å². The minimum absolute atomic E-state index is 0.228. The number of ether oxygens (including phenoxy) is 2. The van der Waals surface area contributed by atoms with E-state index in [0.29, 0.717) is 6.42 Å². The summed E-state index contributed by atoms with van der Waals surface area (Å²) < 4.78 is 10.5. The van der Waals surface area contributed by atoms with Crippen molar-refractivity contribution in [1.82, 2.24) is 4.98 Å². The summed E-state index contributed by atoms with van der Waals surface area (Å²) in [7, 11) is 3.25. The second-order valence-corrected chi connectivity index (χ2v) is 5.21. The van der Waals surface area contributed by atoms with Crippen molar-refractivity contribution < 1.29 is 19.7 Å². The van der Waals surface area contributed by atoms with E-state index in [-0.39, 0.29) is 6.61 Å². The van der Waals surface area contributed by atoms with E-state index in [9.17, 15) is 5.11 Å². The predicted molar refractivity (Wildman–Crippen MR) is 84.5 cm³/mol. The molecule has 1 unspecified atom stereocenters. The monoisotopic (exact) mass is 305 g/mol. The first-order valence-electron chi connectivity index (χ1n) is 7.33. The molecule has 0 bridgehead atoms. The molecule has 5 heteroatoms. The lowest BCUT2D eigenvalue weighted by molar-refractivity contribution is 0.0946. The van der Waals surface area contributed by atoms with Crippen molar-refractivity contribution in [2.24, 2.45) is 0 Å². The third-order valence-electron chi connectivity index (χ3n) is 3.71. The quantitative estimate of drug-likeness (QED) is 0.694. The molecule has 0 aliphatic heterocycles. The maximum absolute atomic E-state index is 9.56. The van der Waals surface area contributed by atoms with Crippen molar-refractivity contribution >= 4 is 0 Å². The van der Waals surface area contributed by atoms with E-state index in [1.807, 2.05) is 30.5 Å². The number of aromatic nitrogens is 1. The van der Waals surface area contributed by atoms with E-state index in [1.54, 1.807) is 14.2 Å². The Morgan fingerprint density at radius 2 is 1.86 bits per heavy atom. The van der Waals surface area contributed by atoms with Crippen molar-refractivity contribution in [3.8, 4) is 11.5 Å². The Hall–Kier alpha value is -1.98. The molecule has 0 amide bonds. The summed E-state index contributed by atoms with van der Waals surface area (Å²) in [5, 5.41) is 18.5. The maximum atomic E-state index is 9.56. The molecular weight excluding hydrogens is 282 g/mol. The predicted octanol–water partition coefficient (Wildman–Crippen LogP) is 1.71. The molecular formula is C17H23NO4. The zero-order valence-corrected chi connectivity index (χ0v) is 13.0. The largest absolute Gasteiger partial charge is 0.493 e. The third kappa shape index (κ3) is 4.02. The van der Waals surface area contributed by atoms with Crippen LogP contribution in [0.1, 0.15) is 16.8 Å². The Labute approximate surface area is 130 Å². The molecule has 1 atom stereocenters. The smallest absolute Gasteiger partial charge is 0.160 e. The molecule has 1 heterocycles. The molecule has 0 radical (unpaired) electrons. The molecule has 3 N–H and O–H groups in total. The van der Waals surface area contributed by atoms with Crippen LogP contribution >= 0.6 is 0 Å². The van der Waals surface area contributed by atoms with Gasteiger partial charge < -0.3 is 24.7 Å². The van der Waals surface area contributed by atoms with Gasteiger partial charge >= 0.3 is 0 Å². The van der Waals surface area contributed by atoms with Gasteiger partial charge in [-0.15, -0.1) is 0 Å². The Balaban J connectivity index is 2.03. The lowest BCUT2D eigenvalue weighted by Gasteiger charge is -2.11. The van der Waals surface area contributed by atoms with E-state index < -0.39 is 6.10 Å². The average Bonchev–Trinajstić information content (AvgIpc) is 2.99. The van der Waals surface area contributed by atoms with E-state index in [4.69, 9.17) is 14.6 Å². The number of aryl methyl sites for hydroxylation is 2. The van der Waals surface area contributed by atoms with Crippen LogP contribution in [0.4, 0.5) is 0 Å². The third-order valence-corrected chi connectivity index (χ3v) is 3.71. The van der Waals surface area contributed by atoms with E-state index >= 15 is 0 Å². The SMILES string of the molecule is COc1ccc(CCc2cc[nH]c2CC(O)CO)cc1OC. The standard InChI is InChI=1S/C17H23NO4/c1-21-16-6-4-12(9-17(16)22-2)3-5-13-7-8-18-15(13)10-14(20)11-19/h4,6-9,14,18-20H,3,5,10-11H2,1-2H3. The van der Waals surface area contributed by atoms with Crippen LogP contribution in [0.5, 0.6) is 11.5 Å². The second kappa shape index (κ2) is 7.87. The second-order valence-electron chi connectivity index (χ2n) is 5.21. The molecule has 0 saturated heterocycles. The van der Waals surface area contributed by atoms with Gasteiger partial charge in [-0.2, -0.15) is 0 Å². The minimum Gasteiger partial charge on any atom is -0.493 e. The van der Waals surface area contributed by atoms with Crippen molar-refractivity contribution in [2.75, 3.05) is 20.8 Å². The van der Waals surface area contributed by atoms with Gasteiger partial charge in [0.15, 0.2) is 11.5 Å². The number of methoxy groups -OCH3 is 2. The number of nitrogens with one attached hydrogen (secondary N) is 1. The van der Waals surface area contributed by atoms with Crippen LogP contribution < -0.4 is 9.47 Å². The number of rotatable bonds is 8. The highest BCUT2D eigenvalue weighted by Crippen LogP contribution is 2.28. The van der Waals surface area contributed by atoms with Crippen molar-refractivity contribution in [3.63, 3.8) is 0 Å². The lowest BCUT2D eigenvalue weighted by Crippen LogP contribution is -2.16. The number of aliphatic hydroxyl groups excluding tert-OH is 2. The van der Waals surface area contributed by atoms with Gasteiger partial charge in [0.05, 0.1) is 26.9 Å². The highest BCUT2D eigenvalue weighted by atomic mass is 16.5. The van der Waals surface area contributed by atoms with Crippen molar-refractivity contribution in [3.05, 3.63) is 47.3 Å². The summed E-state index contributed by atoms with van der Waals surface area (Å²) in [5.41, 5.74) is 3.29. The summed E-state index contributed by atoms with van der Waals surface area (Å²) in [6, 6.07) is 7.92. The van der Waals surface area contributed by atoms with Crippen LogP contribution in [0.3, 0.4) is 0 Å². The van der Waals surface area contributed by atoms with Gasteiger partial charge in [0, 0.05) is 18.3 Å². The van der Waals surface area contributed by atoms with Crippen molar-refractivity contribution in [2.45, 2.75) is 25.4 Å². The van der Waals surface area contributed by atoms with Crippen LogP contribution in [-0.4, -0.2) is 42.1 Å². The molecule has 0 spiro atoms. The molecule has 0 saturated carbocycles. The minimum atomic E-state index is -0.724. The number of hydrogen-bond donors (Lipinski definition) is 3. The summed E-state index contributed by atoms with van der Waals surface area (Å²) in [4.78, 5) is 3.13. The Bertz CT molecular complexity index is 594. The highest BCUT2D eigenvalue weighted by Gasteiger charge is 2.10. The number of aromatic amines is 1. The Kier molecular flexibility index (Phi) is 5.86. The van der Waals surface area contributed by atoms with Crippen LogP contribution in [0.2, 0.25) is 0 Å². The van der Waals surface area contributed by atoms with Gasteiger partial charge in [0.1, 0.15) is 0 Å². The molecule has 120 valence electrons. The number of hydrogen-bond acceptors (Lipinski definition) is 4.